The number of hydrogen-bond acceptors (Lipinski definition) is 9. The molecule has 6 rings (SSSR count). The molecule has 0 saturated heterocycles. The predicted octanol–water partition coefficient (Wildman–Crippen LogP) is 4.52. The summed E-state index contributed by atoms with van der Waals surface area (Å²) in [5.74, 6) is -1.82. The van der Waals surface area contributed by atoms with Gasteiger partial charge in [-0.25, -0.2) is 4.39 Å². The Morgan fingerprint density at radius 1 is 0.896 bits per heavy atom. The van der Waals surface area contributed by atoms with Crippen LogP contribution >= 0.6 is 0 Å². The number of amides is 3. The number of fused-ring (bicyclic) bond motifs is 2. The lowest BCUT2D eigenvalue weighted by atomic mass is 10.0. The molecule has 4 aromatic carbocycles. The van der Waals surface area contributed by atoms with E-state index in [0.29, 0.717) is 22.7 Å². The normalized spacial score (nSPS) is 13.5. The highest BCUT2D eigenvalue weighted by atomic mass is 19.1. The predicted molar refractivity (Wildman–Crippen MR) is 170 cm³/mol. The summed E-state index contributed by atoms with van der Waals surface area (Å²) in [4.78, 5) is 57.0. The fourth-order valence-electron chi connectivity index (χ4n) is 5.66. The van der Waals surface area contributed by atoms with Gasteiger partial charge in [0.2, 0.25) is 18.4 Å². The summed E-state index contributed by atoms with van der Waals surface area (Å²) in [6.07, 6.45) is 0. The van der Waals surface area contributed by atoms with Gasteiger partial charge in [0.15, 0.2) is 23.0 Å². The van der Waals surface area contributed by atoms with Gasteiger partial charge < -0.3 is 33.9 Å². The third-order valence-electron chi connectivity index (χ3n) is 7.96. The molecule has 1 unspecified atom stereocenters. The summed E-state index contributed by atoms with van der Waals surface area (Å²) in [5, 5.41) is 2.85. The number of ether oxygens (including phenoxy) is 5. The molecule has 1 atom stereocenters. The number of hydrogen-bond donors (Lipinski definition) is 1. The SMILES string of the molecule is COc1cc(C(C(=O)Nc2ccc3c(c2)OCO3)N(Cc2ccc(F)cc2)C(=O)CN2C(=O)C(=O)c3ccccc32)cc(OC)c1OC. The Morgan fingerprint density at radius 3 is 2.27 bits per heavy atom. The van der Waals surface area contributed by atoms with Gasteiger partial charge in [0.05, 0.1) is 32.6 Å². The van der Waals surface area contributed by atoms with Crippen LogP contribution < -0.4 is 33.9 Å². The smallest absolute Gasteiger partial charge is 0.299 e. The largest absolute Gasteiger partial charge is 0.493 e. The highest BCUT2D eigenvalue weighted by molar-refractivity contribution is 6.52. The molecule has 0 radical (unpaired) electrons. The molecule has 3 amide bonds. The van der Waals surface area contributed by atoms with E-state index in [2.05, 4.69) is 5.32 Å². The maximum Gasteiger partial charge on any atom is 0.299 e. The van der Waals surface area contributed by atoms with Crippen LogP contribution in [0.4, 0.5) is 15.8 Å². The maximum atomic E-state index is 14.4. The summed E-state index contributed by atoms with van der Waals surface area (Å²) in [6.45, 7) is -0.727. The van der Waals surface area contributed by atoms with E-state index in [1.54, 1.807) is 36.4 Å². The van der Waals surface area contributed by atoms with Crippen LogP contribution in [-0.2, 0) is 20.9 Å². The van der Waals surface area contributed by atoms with Crippen LogP contribution in [0.3, 0.4) is 0 Å². The Hall–Kier alpha value is -6.11. The van der Waals surface area contributed by atoms with Crippen molar-refractivity contribution in [3.63, 3.8) is 0 Å². The number of ketones is 1. The van der Waals surface area contributed by atoms with Gasteiger partial charge in [-0.2, -0.15) is 0 Å². The fourth-order valence-corrected chi connectivity index (χ4v) is 5.66. The van der Waals surface area contributed by atoms with Gasteiger partial charge in [-0.1, -0.05) is 24.3 Å². The molecule has 0 fully saturated rings. The number of halogens is 1. The monoisotopic (exact) mass is 655 g/mol. The average Bonchev–Trinajstić information content (AvgIpc) is 3.66. The summed E-state index contributed by atoms with van der Waals surface area (Å²) >= 11 is 0. The Bertz CT molecular complexity index is 1890. The minimum absolute atomic E-state index is 0.0294. The minimum atomic E-state index is -1.38. The molecular formula is C35H30FN3O9. The first-order valence-corrected chi connectivity index (χ1v) is 14.7. The fraction of sp³-hybridized carbons (Fsp3) is 0.200. The first-order chi connectivity index (χ1) is 23.2. The van der Waals surface area contributed by atoms with Crippen LogP contribution in [0, 0.1) is 5.82 Å². The summed E-state index contributed by atoms with van der Waals surface area (Å²) in [5.41, 5.74) is 1.55. The molecule has 4 aromatic rings. The van der Waals surface area contributed by atoms with Crippen LogP contribution in [0.2, 0.25) is 0 Å². The average molecular weight is 656 g/mol. The van der Waals surface area contributed by atoms with E-state index >= 15 is 0 Å². The Kier molecular flexibility index (Phi) is 8.84. The van der Waals surface area contributed by atoms with Crippen molar-refractivity contribution in [2.75, 3.05) is 44.9 Å². The Morgan fingerprint density at radius 2 is 1.58 bits per heavy atom. The number of rotatable bonds is 11. The Labute approximate surface area is 274 Å². The van der Waals surface area contributed by atoms with Crippen molar-refractivity contribution in [2.24, 2.45) is 0 Å². The van der Waals surface area contributed by atoms with Gasteiger partial charge >= 0.3 is 0 Å². The number of carbonyl (C=O) groups excluding carboxylic acids is 4. The van der Waals surface area contributed by atoms with Crippen LogP contribution in [-0.4, -0.2) is 63.1 Å². The van der Waals surface area contributed by atoms with Crippen molar-refractivity contribution < 1.29 is 47.3 Å². The second-order valence-corrected chi connectivity index (χ2v) is 10.8. The minimum Gasteiger partial charge on any atom is -0.493 e. The standard InChI is InChI=1S/C35H30FN3O9/c1-44-28-14-21(15-29(45-2)33(28)46-3)31(34(42)37-23-12-13-26-27(16-23)48-19-47-26)39(17-20-8-10-22(36)11-9-20)30(40)18-38-25-7-5-4-6-24(25)32(41)35(38)43/h4-16,31H,17-19H2,1-3H3,(H,37,42). The number of carbonyl (C=O) groups is 4. The highest BCUT2D eigenvalue weighted by Gasteiger charge is 2.40. The molecule has 2 aliphatic rings. The highest BCUT2D eigenvalue weighted by Crippen LogP contribution is 2.42. The third kappa shape index (κ3) is 6.05. The lowest BCUT2D eigenvalue weighted by Crippen LogP contribution is -2.46. The molecule has 1 N–H and O–H groups in total. The molecule has 0 aromatic heterocycles. The molecule has 246 valence electrons. The lowest BCUT2D eigenvalue weighted by molar-refractivity contribution is -0.139. The first-order valence-electron chi connectivity index (χ1n) is 14.7. The van der Waals surface area contributed by atoms with E-state index in [0.717, 1.165) is 4.90 Å². The third-order valence-corrected chi connectivity index (χ3v) is 7.96. The van der Waals surface area contributed by atoms with Crippen LogP contribution in [0.25, 0.3) is 0 Å². The molecule has 0 spiro atoms. The summed E-state index contributed by atoms with van der Waals surface area (Å²) in [6, 6.07) is 18.3. The second-order valence-electron chi connectivity index (χ2n) is 10.8. The molecule has 2 aliphatic heterocycles. The van der Waals surface area contributed by atoms with Crippen molar-refractivity contribution in [2.45, 2.75) is 12.6 Å². The van der Waals surface area contributed by atoms with Gasteiger partial charge in [0, 0.05) is 18.3 Å². The van der Waals surface area contributed by atoms with Crippen LogP contribution in [0.1, 0.15) is 27.5 Å². The Balaban J connectivity index is 1.46. The molecule has 13 heteroatoms. The second kappa shape index (κ2) is 13.3. The quantitative estimate of drug-likeness (QED) is 0.232. The van der Waals surface area contributed by atoms with Gasteiger partial charge in [-0.15, -0.1) is 0 Å². The maximum absolute atomic E-state index is 14.4. The van der Waals surface area contributed by atoms with Crippen molar-refractivity contribution in [1.29, 1.82) is 0 Å². The van der Waals surface area contributed by atoms with Gasteiger partial charge in [0.25, 0.3) is 17.6 Å². The number of benzene rings is 4. The topological polar surface area (TPSA) is 133 Å². The van der Waals surface area contributed by atoms with E-state index in [1.807, 2.05) is 0 Å². The molecule has 0 aliphatic carbocycles. The van der Waals surface area contributed by atoms with E-state index < -0.39 is 41.9 Å². The first kappa shape index (κ1) is 31.9. The zero-order chi connectivity index (χ0) is 33.9. The molecular weight excluding hydrogens is 625 g/mol. The lowest BCUT2D eigenvalue weighted by Gasteiger charge is -2.33. The van der Waals surface area contributed by atoms with E-state index in [1.165, 1.54) is 68.7 Å². The van der Waals surface area contributed by atoms with Crippen molar-refractivity contribution in [1.82, 2.24) is 4.90 Å². The van der Waals surface area contributed by atoms with E-state index in [9.17, 15) is 23.6 Å². The molecule has 2 heterocycles. The van der Waals surface area contributed by atoms with E-state index in [4.69, 9.17) is 23.7 Å². The molecule has 0 bridgehead atoms. The van der Waals surface area contributed by atoms with Crippen LogP contribution in [0.5, 0.6) is 28.7 Å². The molecule has 0 saturated carbocycles. The van der Waals surface area contributed by atoms with Gasteiger partial charge in [-0.05, 0) is 59.7 Å². The van der Waals surface area contributed by atoms with Crippen molar-refractivity contribution >= 4 is 34.9 Å². The van der Waals surface area contributed by atoms with Crippen LogP contribution in [0.15, 0.2) is 78.9 Å². The zero-order valence-electron chi connectivity index (χ0n) is 26.2. The summed E-state index contributed by atoms with van der Waals surface area (Å²) < 4.78 is 41.4. The number of methoxy groups -OCH3 is 3. The number of anilines is 2. The molecule has 48 heavy (non-hydrogen) atoms. The van der Waals surface area contributed by atoms with Gasteiger partial charge in [0.1, 0.15) is 18.4 Å². The zero-order valence-corrected chi connectivity index (χ0v) is 26.2. The number of Topliss-reactive ketones (excluding diaryl/α,β-unsaturated/α-hetero) is 1. The summed E-state index contributed by atoms with van der Waals surface area (Å²) in [7, 11) is 4.26. The number of nitrogens with zero attached hydrogens (tertiary/aromatic N) is 2. The molecule has 12 nitrogen and oxygen atoms in total. The van der Waals surface area contributed by atoms with Gasteiger partial charge in [-0.3, -0.25) is 24.1 Å². The van der Waals surface area contributed by atoms with Crippen molar-refractivity contribution in [3.05, 3.63) is 101 Å². The van der Waals surface area contributed by atoms with E-state index in [-0.39, 0.29) is 47.4 Å². The number of nitrogens with one attached hydrogen (secondary N) is 1. The number of para-hydroxylation sites is 1. The van der Waals surface area contributed by atoms with Crippen molar-refractivity contribution in [3.8, 4) is 28.7 Å².